The van der Waals surface area contributed by atoms with E-state index in [4.69, 9.17) is 5.73 Å². The minimum atomic E-state index is 0.684. The molecule has 1 atom stereocenters. The molecule has 0 saturated heterocycles. The van der Waals surface area contributed by atoms with E-state index in [1.807, 2.05) is 0 Å². The van der Waals surface area contributed by atoms with Crippen LogP contribution in [-0.4, -0.2) is 31.1 Å². The quantitative estimate of drug-likeness (QED) is 0.722. The monoisotopic (exact) mass is 240 g/mol. The minimum absolute atomic E-state index is 0.684. The van der Waals surface area contributed by atoms with Gasteiger partial charge in [-0.15, -0.1) is 0 Å². The summed E-state index contributed by atoms with van der Waals surface area (Å²) < 4.78 is 0. The number of hydrogen-bond donors (Lipinski definition) is 1. The SMILES string of the molecule is CC(C)CC(CN)CN(C)C1CCCCCC1. The molecule has 17 heavy (non-hydrogen) atoms. The lowest BCUT2D eigenvalue weighted by atomic mass is 9.95. The third kappa shape index (κ3) is 5.87. The van der Waals surface area contributed by atoms with Gasteiger partial charge in [-0.2, -0.15) is 0 Å². The molecule has 2 nitrogen and oxygen atoms in total. The van der Waals surface area contributed by atoms with E-state index in [-0.39, 0.29) is 0 Å². The molecule has 1 saturated carbocycles. The first-order chi connectivity index (χ1) is 8.13. The van der Waals surface area contributed by atoms with Crippen molar-refractivity contribution in [2.75, 3.05) is 20.1 Å². The van der Waals surface area contributed by atoms with E-state index in [9.17, 15) is 0 Å². The molecular formula is C15H32N2. The summed E-state index contributed by atoms with van der Waals surface area (Å²) in [6.45, 7) is 6.64. The second-order valence-electron chi connectivity index (χ2n) is 6.32. The Morgan fingerprint density at radius 2 is 1.71 bits per heavy atom. The molecule has 1 unspecified atom stereocenters. The summed E-state index contributed by atoms with van der Waals surface area (Å²) in [4.78, 5) is 2.59. The van der Waals surface area contributed by atoms with Gasteiger partial charge in [0.25, 0.3) is 0 Å². The molecule has 2 N–H and O–H groups in total. The minimum Gasteiger partial charge on any atom is -0.330 e. The van der Waals surface area contributed by atoms with Gasteiger partial charge in [-0.3, -0.25) is 0 Å². The Morgan fingerprint density at radius 1 is 1.12 bits per heavy atom. The summed E-state index contributed by atoms with van der Waals surface area (Å²) >= 11 is 0. The van der Waals surface area contributed by atoms with Gasteiger partial charge >= 0.3 is 0 Å². The van der Waals surface area contributed by atoms with Crippen LogP contribution in [0.3, 0.4) is 0 Å². The van der Waals surface area contributed by atoms with Crippen molar-refractivity contribution in [3.63, 3.8) is 0 Å². The first-order valence-electron chi connectivity index (χ1n) is 7.53. The predicted molar refractivity (Wildman–Crippen MR) is 76.1 cm³/mol. The topological polar surface area (TPSA) is 29.3 Å². The highest BCUT2D eigenvalue weighted by Crippen LogP contribution is 2.22. The maximum atomic E-state index is 5.90. The van der Waals surface area contributed by atoms with Crippen LogP contribution in [0.15, 0.2) is 0 Å². The van der Waals surface area contributed by atoms with Crippen LogP contribution in [0.4, 0.5) is 0 Å². The molecule has 1 fully saturated rings. The van der Waals surface area contributed by atoms with Crippen LogP contribution in [0.25, 0.3) is 0 Å². The van der Waals surface area contributed by atoms with E-state index in [0.717, 1.165) is 18.5 Å². The van der Waals surface area contributed by atoms with Gasteiger partial charge in [0.05, 0.1) is 0 Å². The molecule has 0 radical (unpaired) electrons. The smallest absolute Gasteiger partial charge is 0.00923 e. The number of hydrogen-bond acceptors (Lipinski definition) is 2. The summed E-state index contributed by atoms with van der Waals surface area (Å²) in [5.74, 6) is 1.45. The van der Waals surface area contributed by atoms with Crippen molar-refractivity contribution in [1.82, 2.24) is 4.90 Å². The first-order valence-corrected chi connectivity index (χ1v) is 7.53. The highest BCUT2D eigenvalue weighted by atomic mass is 15.1. The molecule has 0 aliphatic heterocycles. The molecule has 2 heteroatoms. The zero-order valence-electron chi connectivity index (χ0n) is 12.1. The largest absolute Gasteiger partial charge is 0.330 e. The Bertz CT molecular complexity index is 183. The normalized spacial score (nSPS) is 20.8. The van der Waals surface area contributed by atoms with Crippen molar-refractivity contribution in [1.29, 1.82) is 0 Å². The number of rotatable bonds is 6. The van der Waals surface area contributed by atoms with Gasteiger partial charge < -0.3 is 10.6 Å². The van der Waals surface area contributed by atoms with Gasteiger partial charge in [0.15, 0.2) is 0 Å². The molecule has 1 aliphatic carbocycles. The van der Waals surface area contributed by atoms with Crippen LogP contribution in [0.5, 0.6) is 0 Å². The molecule has 0 aromatic heterocycles. The van der Waals surface area contributed by atoms with E-state index in [1.165, 1.54) is 51.5 Å². The van der Waals surface area contributed by atoms with E-state index in [1.54, 1.807) is 0 Å². The Morgan fingerprint density at radius 3 is 2.18 bits per heavy atom. The predicted octanol–water partition coefficient (Wildman–Crippen LogP) is 3.26. The van der Waals surface area contributed by atoms with Crippen molar-refractivity contribution in [2.24, 2.45) is 17.6 Å². The number of nitrogens with zero attached hydrogens (tertiary/aromatic N) is 1. The summed E-state index contributed by atoms with van der Waals surface area (Å²) in [5, 5.41) is 0. The lowest BCUT2D eigenvalue weighted by molar-refractivity contribution is 0.180. The molecule has 1 aliphatic rings. The second kappa shape index (κ2) is 8.10. The Labute approximate surface area is 108 Å². The van der Waals surface area contributed by atoms with Crippen LogP contribution in [0, 0.1) is 11.8 Å². The van der Waals surface area contributed by atoms with E-state index >= 15 is 0 Å². The van der Waals surface area contributed by atoms with Crippen LogP contribution in [0.2, 0.25) is 0 Å². The van der Waals surface area contributed by atoms with E-state index < -0.39 is 0 Å². The van der Waals surface area contributed by atoms with Crippen molar-refractivity contribution in [3.8, 4) is 0 Å². The van der Waals surface area contributed by atoms with Crippen molar-refractivity contribution in [3.05, 3.63) is 0 Å². The maximum absolute atomic E-state index is 5.90. The van der Waals surface area contributed by atoms with E-state index in [2.05, 4.69) is 25.8 Å². The lowest BCUT2D eigenvalue weighted by Gasteiger charge is -2.31. The summed E-state index contributed by atoms with van der Waals surface area (Å²) in [7, 11) is 2.30. The Hall–Kier alpha value is -0.0800. The Balaban J connectivity index is 2.36. The lowest BCUT2D eigenvalue weighted by Crippen LogP contribution is -2.37. The third-order valence-electron chi connectivity index (χ3n) is 4.13. The van der Waals surface area contributed by atoms with Gasteiger partial charge in [0.1, 0.15) is 0 Å². The summed E-state index contributed by atoms with van der Waals surface area (Å²) in [6.07, 6.45) is 9.80. The molecule has 0 heterocycles. The van der Waals surface area contributed by atoms with Crippen LogP contribution in [-0.2, 0) is 0 Å². The molecular weight excluding hydrogens is 208 g/mol. The molecule has 0 aromatic carbocycles. The van der Waals surface area contributed by atoms with Crippen molar-refractivity contribution >= 4 is 0 Å². The van der Waals surface area contributed by atoms with Gasteiger partial charge in [0.2, 0.25) is 0 Å². The summed E-state index contributed by atoms with van der Waals surface area (Å²) in [6, 6.07) is 0.818. The van der Waals surface area contributed by atoms with Gasteiger partial charge in [-0.1, -0.05) is 39.5 Å². The van der Waals surface area contributed by atoms with Crippen molar-refractivity contribution < 1.29 is 0 Å². The average Bonchev–Trinajstić information content (AvgIpc) is 2.55. The highest BCUT2D eigenvalue weighted by molar-refractivity contribution is 4.75. The second-order valence-corrected chi connectivity index (χ2v) is 6.32. The fourth-order valence-electron chi connectivity index (χ4n) is 3.17. The molecule has 0 bridgehead atoms. The van der Waals surface area contributed by atoms with Crippen LogP contribution < -0.4 is 5.73 Å². The van der Waals surface area contributed by atoms with Gasteiger partial charge in [0, 0.05) is 12.6 Å². The molecule has 0 spiro atoms. The first kappa shape index (κ1) is 15.0. The fraction of sp³-hybridized carbons (Fsp3) is 1.00. The average molecular weight is 240 g/mol. The Kier molecular flexibility index (Phi) is 7.14. The van der Waals surface area contributed by atoms with Crippen LogP contribution in [0.1, 0.15) is 58.8 Å². The summed E-state index contributed by atoms with van der Waals surface area (Å²) in [5.41, 5.74) is 5.90. The molecule has 102 valence electrons. The van der Waals surface area contributed by atoms with Gasteiger partial charge in [-0.05, 0) is 44.7 Å². The molecule has 0 aromatic rings. The van der Waals surface area contributed by atoms with Gasteiger partial charge in [-0.25, -0.2) is 0 Å². The third-order valence-corrected chi connectivity index (χ3v) is 4.13. The maximum Gasteiger partial charge on any atom is 0.00923 e. The van der Waals surface area contributed by atoms with Crippen molar-refractivity contribution in [2.45, 2.75) is 64.8 Å². The zero-order chi connectivity index (χ0) is 12.7. The standard InChI is InChI=1S/C15H32N2/c1-13(2)10-14(11-16)12-17(3)15-8-6-4-5-7-9-15/h13-15H,4-12,16H2,1-3H3. The van der Waals surface area contributed by atoms with Crippen LogP contribution >= 0.6 is 0 Å². The van der Waals surface area contributed by atoms with E-state index in [0.29, 0.717) is 5.92 Å². The number of nitrogens with two attached hydrogens (primary N) is 1. The fourth-order valence-corrected chi connectivity index (χ4v) is 3.17. The highest BCUT2D eigenvalue weighted by Gasteiger charge is 2.20. The zero-order valence-corrected chi connectivity index (χ0v) is 12.1. The molecule has 0 amide bonds. The molecule has 1 rings (SSSR count).